The van der Waals surface area contributed by atoms with Gasteiger partial charge < -0.3 is 4.74 Å². The van der Waals surface area contributed by atoms with Gasteiger partial charge in [0.25, 0.3) is 0 Å². The molecule has 0 aliphatic carbocycles. The first-order chi connectivity index (χ1) is 8.69. The van der Waals surface area contributed by atoms with Crippen LogP contribution in [0, 0.1) is 11.3 Å². The second-order valence-corrected chi connectivity index (χ2v) is 4.88. The molecule has 0 spiro atoms. The number of aromatic nitrogens is 1. The van der Waals surface area contributed by atoms with E-state index in [1.165, 1.54) is 0 Å². The van der Waals surface area contributed by atoms with Crippen LogP contribution in [0.3, 0.4) is 0 Å². The molecule has 0 amide bonds. The summed E-state index contributed by atoms with van der Waals surface area (Å²) >= 11 is 9.17. The van der Waals surface area contributed by atoms with Crippen LogP contribution in [0.25, 0.3) is 0 Å². The number of nitrogens with zero attached hydrogens (tertiary/aromatic N) is 2. The van der Waals surface area contributed by atoms with E-state index in [1.807, 2.05) is 24.3 Å². The lowest BCUT2D eigenvalue weighted by atomic mass is 10.2. The van der Waals surface area contributed by atoms with Crippen LogP contribution in [0.5, 0.6) is 5.75 Å². The third kappa shape index (κ3) is 3.22. The lowest BCUT2D eigenvalue weighted by molar-refractivity contribution is 0.303. The molecule has 0 atom stereocenters. The minimum Gasteiger partial charge on any atom is -0.486 e. The Hall–Kier alpha value is -1.57. The summed E-state index contributed by atoms with van der Waals surface area (Å²) in [5.41, 5.74) is 1.20. The fourth-order valence-corrected chi connectivity index (χ4v) is 1.93. The summed E-state index contributed by atoms with van der Waals surface area (Å²) in [5, 5.41) is 9.58. The van der Waals surface area contributed by atoms with E-state index in [2.05, 4.69) is 20.9 Å². The second-order valence-electron chi connectivity index (χ2n) is 3.53. The van der Waals surface area contributed by atoms with Gasteiger partial charge in [0.1, 0.15) is 12.7 Å². The normalized spacial score (nSPS) is 9.83. The van der Waals surface area contributed by atoms with Crippen LogP contribution < -0.4 is 4.74 Å². The van der Waals surface area contributed by atoms with E-state index in [0.717, 1.165) is 10.0 Å². The van der Waals surface area contributed by atoms with Gasteiger partial charge in [0.15, 0.2) is 11.4 Å². The highest BCUT2D eigenvalue weighted by atomic mass is 79.9. The number of benzene rings is 1. The van der Waals surface area contributed by atoms with Crippen molar-refractivity contribution in [2.45, 2.75) is 6.61 Å². The molecule has 5 heteroatoms. The number of pyridine rings is 1. The van der Waals surface area contributed by atoms with Crippen LogP contribution in [0.4, 0.5) is 0 Å². The van der Waals surface area contributed by atoms with E-state index in [1.54, 1.807) is 18.3 Å². The van der Waals surface area contributed by atoms with Crippen molar-refractivity contribution in [2.75, 3.05) is 0 Å². The Balaban J connectivity index is 2.15. The highest BCUT2D eigenvalue weighted by Gasteiger charge is 2.06. The lowest BCUT2D eigenvalue weighted by Crippen LogP contribution is -1.98. The molecular formula is C13H8BrClN2O. The molecule has 90 valence electrons. The first kappa shape index (κ1) is 12.9. The van der Waals surface area contributed by atoms with E-state index < -0.39 is 0 Å². The number of rotatable bonds is 3. The van der Waals surface area contributed by atoms with Crippen molar-refractivity contribution in [3.05, 3.63) is 57.3 Å². The molecule has 0 bridgehead atoms. The van der Waals surface area contributed by atoms with Gasteiger partial charge in [-0.3, -0.25) is 0 Å². The first-order valence-electron chi connectivity index (χ1n) is 5.12. The fourth-order valence-electron chi connectivity index (χ4n) is 1.40. The standard InChI is InChI=1S/C13H8BrClN2O/c14-10-5-13(12(6-16)17-7-10)18-8-9-2-1-3-11(15)4-9/h1-5,7H,8H2. The molecule has 0 unspecified atom stereocenters. The van der Waals surface area contributed by atoms with Crippen molar-refractivity contribution in [2.24, 2.45) is 0 Å². The van der Waals surface area contributed by atoms with Gasteiger partial charge in [0.2, 0.25) is 0 Å². The first-order valence-corrected chi connectivity index (χ1v) is 6.29. The summed E-state index contributed by atoms with van der Waals surface area (Å²) in [7, 11) is 0. The summed E-state index contributed by atoms with van der Waals surface area (Å²) in [6.07, 6.45) is 1.56. The Morgan fingerprint density at radius 3 is 2.94 bits per heavy atom. The molecule has 1 heterocycles. The van der Waals surface area contributed by atoms with E-state index in [0.29, 0.717) is 17.4 Å². The topological polar surface area (TPSA) is 45.9 Å². The van der Waals surface area contributed by atoms with Gasteiger partial charge in [0, 0.05) is 15.7 Å². The molecule has 0 radical (unpaired) electrons. The maximum Gasteiger partial charge on any atom is 0.182 e. The van der Waals surface area contributed by atoms with Crippen molar-refractivity contribution in [3.8, 4) is 11.8 Å². The van der Waals surface area contributed by atoms with Gasteiger partial charge in [-0.25, -0.2) is 4.98 Å². The average molecular weight is 324 g/mol. The van der Waals surface area contributed by atoms with Crippen LogP contribution in [-0.4, -0.2) is 4.98 Å². The minimum atomic E-state index is 0.264. The smallest absolute Gasteiger partial charge is 0.182 e. The molecule has 0 aliphatic rings. The zero-order chi connectivity index (χ0) is 13.0. The fraction of sp³-hybridized carbons (Fsp3) is 0.0769. The number of halogens is 2. The molecule has 18 heavy (non-hydrogen) atoms. The molecule has 2 aromatic rings. The van der Waals surface area contributed by atoms with E-state index in [-0.39, 0.29) is 5.69 Å². The van der Waals surface area contributed by atoms with Crippen LogP contribution in [0.1, 0.15) is 11.3 Å². The van der Waals surface area contributed by atoms with Gasteiger partial charge in [0.05, 0.1) is 0 Å². The van der Waals surface area contributed by atoms with Crippen molar-refractivity contribution in [1.29, 1.82) is 5.26 Å². The Bertz CT molecular complexity index is 610. The van der Waals surface area contributed by atoms with E-state index in [9.17, 15) is 0 Å². The molecule has 0 N–H and O–H groups in total. The van der Waals surface area contributed by atoms with Crippen molar-refractivity contribution < 1.29 is 4.74 Å². The molecule has 0 saturated heterocycles. The molecule has 0 aliphatic heterocycles. The van der Waals surface area contributed by atoms with Crippen LogP contribution in [-0.2, 0) is 6.61 Å². The van der Waals surface area contributed by atoms with E-state index >= 15 is 0 Å². The number of ether oxygens (including phenoxy) is 1. The van der Waals surface area contributed by atoms with Crippen LogP contribution in [0.2, 0.25) is 5.02 Å². The summed E-state index contributed by atoms with van der Waals surface area (Å²) in [4.78, 5) is 3.97. The minimum absolute atomic E-state index is 0.264. The quantitative estimate of drug-likeness (QED) is 0.859. The van der Waals surface area contributed by atoms with E-state index in [4.69, 9.17) is 21.6 Å². The highest BCUT2D eigenvalue weighted by molar-refractivity contribution is 9.10. The van der Waals surface area contributed by atoms with Crippen molar-refractivity contribution >= 4 is 27.5 Å². The Labute approximate surface area is 118 Å². The predicted molar refractivity (Wildman–Crippen MR) is 72.4 cm³/mol. The second kappa shape index (κ2) is 5.85. The maximum atomic E-state index is 8.92. The van der Waals surface area contributed by atoms with Gasteiger partial charge in [-0.1, -0.05) is 23.7 Å². The molecule has 2 rings (SSSR count). The largest absolute Gasteiger partial charge is 0.486 e. The molecule has 1 aromatic carbocycles. The molecule has 0 saturated carbocycles. The Morgan fingerprint density at radius 2 is 2.22 bits per heavy atom. The van der Waals surface area contributed by atoms with Crippen LogP contribution in [0.15, 0.2) is 41.0 Å². The summed E-state index contributed by atoms with van der Waals surface area (Å²) in [6.45, 7) is 0.341. The third-order valence-corrected chi connectivity index (χ3v) is 2.88. The molecule has 0 fully saturated rings. The van der Waals surface area contributed by atoms with Crippen molar-refractivity contribution in [3.63, 3.8) is 0 Å². The zero-order valence-electron chi connectivity index (χ0n) is 9.23. The summed E-state index contributed by atoms with van der Waals surface area (Å²) in [5.74, 6) is 0.451. The SMILES string of the molecule is N#Cc1ncc(Br)cc1OCc1cccc(Cl)c1. The van der Waals surface area contributed by atoms with Gasteiger partial charge >= 0.3 is 0 Å². The predicted octanol–water partition coefficient (Wildman–Crippen LogP) is 3.95. The average Bonchev–Trinajstić information content (AvgIpc) is 2.37. The summed E-state index contributed by atoms with van der Waals surface area (Å²) < 4.78 is 6.34. The Kier molecular flexibility index (Phi) is 4.19. The molecule has 3 nitrogen and oxygen atoms in total. The highest BCUT2D eigenvalue weighted by Crippen LogP contribution is 2.22. The number of nitriles is 1. The van der Waals surface area contributed by atoms with Gasteiger partial charge in [-0.2, -0.15) is 5.26 Å². The lowest BCUT2D eigenvalue weighted by Gasteiger charge is -2.07. The maximum absolute atomic E-state index is 8.92. The summed E-state index contributed by atoms with van der Waals surface area (Å²) in [6, 6.07) is 11.1. The van der Waals surface area contributed by atoms with Gasteiger partial charge in [-0.05, 0) is 39.7 Å². The zero-order valence-corrected chi connectivity index (χ0v) is 11.6. The monoisotopic (exact) mass is 322 g/mol. The number of hydrogen-bond donors (Lipinski definition) is 0. The molecular weight excluding hydrogens is 316 g/mol. The molecule has 1 aromatic heterocycles. The number of hydrogen-bond acceptors (Lipinski definition) is 3. The third-order valence-electron chi connectivity index (χ3n) is 2.21. The Morgan fingerprint density at radius 1 is 1.39 bits per heavy atom. The van der Waals surface area contributed by atoms with Gasteiger partial charge in [-0.15, -0.1) is 0 Å². The van der Waals surface area contributed by atoms with Crippen molar-refractivity contribution in [1.82, 2.24) is 4.98 Å². The van der Waals surface area contributed by atoms with Crippen LogP contribution >= 0.6 is 27.5 Å².